The lowest BCUT2D eigenvalue weighted by molar-refractivity contribution is -0.00461. The lowest BCUT2D eigenvalue weighted by Crippen LogP contribution is -2.27. The standard InChI is InChI=1S/C14H24N2O2S/c1-10-11(5-12(19-10)6-15-2)7-16-8-13(17-3)14(9-16)18-4/h5,13-15H,6-9H2,1-4H3. The van der Waals surface area contributed by atoms with E-state index >= 15 is 0 Å². The molecular weight excluding hydrogens is 260 g/mol. The van der Waals surface area contributed by atoms with E-state index in [-0.39, 0.29) is 12.2 Å². The molecule has 4 nitrogen and oxygen atoms in total. The summed E-state index contributed by atoms with van der Waals surface area (Å²) >= 11 is 1.88. The first-order valence-corrected chi connectivity index (χ1v) is 7.50. The maximum Gasteiger partial charge on any atom is 0.0971 e. The number of aryl methyl sites for hydroxylation is 1. The van der Waals surface area contributed by atoms with Crippen LogP contribution in [-0.2, 0) is 22.6 Å². The van der Waals surface area contributed by atoms with Crippen LogP contribution >= 0.6 is 11.3 Å². The zero-order valence-corrected chi connectivity index (χ0v) is 13.0. The molecule has 5 heteroatoms. The van der Waals surface area contributed by atoms with Gasteiger partial charge in [-0.15, -0.1) is 11.3 Å². The van der Waals surface area contributed by atoms with E-state index < -0.39 is 0 Å². The molecule has 108 valence electrons. The van der Waals surface area contributed by atoms with Crippen molar-refractivity contribution in [1.29, 1.82) is 0 Å². The third kappa shape index (κ3) is 3.55. The quantitative estimate of drug-likeness (QED) is 0.861. The molecule has 1 N–H and O–H groups in total. The van der Waals surface area contributed by atoms with Crippen molar-refractivity contribution < 1.29 is 9.47 Å². The van der Waals surface area contributed by atoms with Crippen LogP contribution in [0.3, 0.4) is 0 Å². The summed E-state index contributed by atoms with van der Waals surface area (Å²) < 4.78 is 11.0. The number of ether oxygens (including phenoxy) is 2. The average molecular weight is 284 g/mol. The van der Waals surface area contributed by atoms with E-state index in [1.54, 1.807) is 14.2 Å². The summed E-state index contributed by atoms with van der Waals surface area (Å²) in [5.74, 6) is 0. The van der Waals surface area contributed by atoms with Crippen LogP contribution in [0.2, 0.25) is 0 Å². The van der Waals surface area contributed by atoms with Crippen molar-refractivity contribution in [3.05, 3.63) is 21.4 Å². The normalized spacial score (nSPS) is 24.2. The number of hydrogen-bond acceptors (Lipinski definition) is 5. The summed E-state index contributed by atoms with van der Waals surface area (Å²) in [7, 11) is 5.52. The van der Waals surface area contributed by atoms with Crippen molar-refractivity contribution in [2.75, 3.05) is 34.4 Å². The van der Waals surface area contributed by atoms with Crippen LogP contribution in [0, 0.1) is 6.92 Å². The second kappa shape index (κ2) is 6.81. The van der Waals surface area contributed by atoms with E-state index in [4.69, 9.17) is 9.47 Å². The topological polar surface area (TPSA) is 33.7 Å². The minimum Gasteiger partial charge on any atom is -0.377 e. The number of likely N-dealkylation sites (tertiary alicyclic amines) is 1. The Bertz CT molecular complexity index is 396. The lowest BCUT2D eigenvalue weighted by Gasteiger charge is -2.14. The van der Waals surface area contributed by atoms with Crippen LogP contribution in [0.4, 0.5) is 0 Å². The number of nitrogens with zero attached hydrogens (tertiary/aromatic N) is 1. The van der Waals surface area contributed by atoms with Crippen LogP contribution in [0.5, 0.6) is 0 Å². The van der Waals surface area contributed by atoms with Crippen molar-refractivity contribution >= 4 is 11.3 Å². The van der Waals surface area contributed by atoms with E-state index in [2.05, 4.69) is 23.2 Å². The zero-order chi connectivity index (χ0) is 13.8. The molecule has 0 saturated carbocycles. The first-order valence-electron chi connectivity index (χ1n) is 6.68. The van der Waals surface area contributed by atoms with Gasteiger partial charge in [-0.25, -0.2) is 0 Å². The van der Waals surface area contributed by atoms with Gasteiger partial charge in [0.1, 0.15) is 0 Å². The van der Waals surface area contributed by atoms with Crippen molar-refractivity contribution in [1.82, 2.24) is 10.2 Å². The highest BCUT2D eigenvalue weighted by Gasteiger charge is 2.33. The maximum absolute atomic E-state index is 5.48. The summed E-state index contributed by atoms with van der Waals surface area (Å²) in [6.45, 7) is 6.05. The van der Waals surface area contributed by atoms with E-state index in [0.29, 0.717) is 0 Å². The van der Waals surface area contributed by atoms with E-state index in [9.17, 15) is 0 Å². The summed E-state index contributed by atoms with van der Waals surface area (Å²) in [5.41, 5.74) is 1.43. The Hall–Kier alpha value is -0.460. The highest BCUT2D eigenvalue weighted by molar-refractivity contribution is 7.12. The van der Waals surface area contributed by atoms with Gasteiger partial charge in [0.15, 0.2) is 0 Å². The highest BCUT2D eigenvalue weighted by Crippen LogP contribution is 2.25. The molecule has 0 amide bonds. The van der Waals surface area contributed by atoms with Crippen LogP contribution in [0.15, 0.2) is 6.07 Å². The second-order valence-electron chi connectivity index (χ2n) is 5.07. The van der Waals surface area contributed by atoms with Gasteiger partial charge in [-0.1, -0.05) is 0 Å². The molecule has 2 unspecified atom stereocenters. The zero-order valence-electron chi connectivity index (χ0n) is 12.2. The Kier molecular flexibility index (Phi) is 5.36. The predicted octanol–water partition coefficient (Wildman–Crippen LogP) is 1.62. The molecule has 2 atom stereocenters. The Morgan fingerprint density at radius 1 is 1.32 bits per heavy atom. The van der Waals surface area contributed by atoms with Crippen molar-refractivity contribution in [3.8, 4) is 0 Å². The first-order chi connectivity index (χ1) is 9.17. The predicted molar refractivity (Wildman–Crippen MR) is 78.7 cm³/mol. The summed E-state index contributed by atoms with van der Waals surface area (Å²) in [5, 5.41) is 3.21. The summed E-state index contributed by atoms with van der Waals surface area (Å²) in [4.78, 5) is 5.24. The minimum absolute atomic E-state index is 0.195. The molecule has 1 aliphatic heterocycles. The van der Waals surface area contributed by atoms with E-state index in [1.165, 1.54) is 15.3 Å². The smallest absolute Gasteiger partial charge is 0.0971 e. The molecule has 1 saturated heterocycles. The molecule has 2 heterocycles. The lowest BCUT2D eigenvalue weighted by atomic mass is 10.2. The SMILES string of the molecule is CNCc1cc(CN2CC(OC)C(OC)C2)c(C)s1. The molecule has 1 fully saturated rings. The molecule has 2 rings (SSSR count). The van der Waals surface area contributed by atoms with Gasteiger partial charge in [0.2, 0.25) is 0 Å². The van der Waals surface area contributed by atoms with Crippen molar-refractivity contribution in [2.24, 2.45) is 0 Å². The van der Waals surface area contributed by atoms with Gasteiger partial charge in [-0.05, 0) is 25.6 Å². The summed E-state index contributed by atoms with van der Waals surface area (Å²) in [6, 6.07) is 2.32. The van der Waals surface area contributed by atoms with Gasteiger partial charge in [0.05, 0.1) is 12.2 Å². The number of thiophene rings is 1. The Balaban J connectivity index is 1.98. The molecule has 0 aromatic carbocycles. The van der Waals surface area contributed by atoms with E-state index in [0.717, 1.165) is 26.2 Å². The number of methoxy groups -OCH3 is 2. The molecule has 1 aromatic rings. The molecule has 0 bridgehead atoms. The maximum atomic E-state index is 5.48. The van der Waals surface area contributed by atoms with Gasteiger partial charge in [-0.2, -0.15) is 0 Å². The molecule has 0 aliphatic carbocycles. The molecule has 19 heavy (non-hydrogen) atoms. The first kappa shape index (κ1) is 14.9. The van der Waals surface area contributed by atoms with Crippen molar-refractivity contribution in [3.63, 3.8) is 0 Å². The average Bonchev–Trinajstić information content (AvgIpc) is 2.94. The van der Waals surface area contributed by atoms with Crippen molar-refractivity contribution in [2.45, 2.75) is 32.2 Å². The minimum atomic E-state index is 0.195. The third-order valence-corrected chi connectivity index (χ3v) is 4.81. The van der Waals surface area contributed by atoms with Gasteiger partial charge >= 0.3 is 0 Å². The number of rotatable bonds is 6. The Morgan fingerprint density at radius 3 is 2.47 bits per heavy atom. The third-order valence-electron chi connectivity index (χ3n) is 3.71. The Labute approximate surface area is 119 Å². The van der Waals surface area contributed by atoms with Gasteiger partial charge in [0, 0.05) is 50.2 Å². The largest absolute Gasteiger partial charge is 0.377 e. The van der Waals surface area contributed by atoms with Gasteiger partial charge in [0.25, 0.3) is 0 Å². The monoisotopic (exact) mass is 284 g/mol. The molecule has 1 aromatic heterocycles. The molecular formula is C14H24N2O2S. The fourth-order valence-corrected chi connectivity index (χ4v) is 3.71. The molecule has 1 aliphatic rings. The second-order valence-corrected chi connectivity index (χ2v) is 6.41. The Morgan fingerprint density at radius 2 is 1.95 bits per heavy atom. The highest BCUT2D eigenvalue weighted by atomic mass is 32.1. The van der Waals surface area contributed by atoms with Crippen LogP contribution in [0.1, 0.15) is 15.3 Å². The van der Waals surface area contributed by atoms with Gasteiger partial charge in [-0.3, -0.25) is 4.90 Å². The summed E-state index contributed by atoms with van der Waals surface area (Å²) in [6.07, 6.45) is 0.390. The fraction of sp³-hybridized carbons (Fsp3) is 0.714. The molecule has 0 radical (unpaired) electrons. The molecule has 0 spiro atoms. The van der Waals surface area contributed by atoms with Gasteiger partial charge < -0.3 is 14.8 Å². The number of hydrogen-bond donors (Lipinski definition) is 1. The van der Waals surface area contributed by atoms with Crippen LogP contribution < -0.4 is 5.32 Å². The number of nitrogens with one attached hydrogen (secondary N) is 1. The van der Waals surface area contributed by atoms with Crippen LogP contribution in [0.25, 0.3) is 0 Å². The van der Waals surface area contributed by atoms with Crippen LogP contribution in [-0.4, -0.2) is 51.5 Å². The fourth-order valence-electron chi connectivity index (χ4n) is 2.65. The van der Waals surface area contributed by atoms with E-state index in [1.807, 2.05) is 18.4 Å².